The number of nitrogens with one attached hydrogen (secondary N) is 1. The van der Waals surface area contributed by atoms with Gasteiger partial charge in [0, 0.05) is 6.07 Å². The molecule has 2 atom stereocenters. The number of nitrogens with two attached hydrogens (primary N) is 1. The normalized spacial score (nSPS) is 13.7. The average Bonchev–Trinajstić information content (AvgIpc) is 2.37. The van der Waals surface area contributed by atoms with Crippen molar-refractivity contribution in [1.29, 1.82) is 0 Å². The second kappa shape index (κ2) is 6.11. The number of carbonyl (C=O) groups is 1. The average molecular weight is 251 g/mol. The molecule has 0 saturated heterocycles. The fraction of sp³-hybridized carbons (Fsp3) is 0.417. The van der Waals surface area contributed by atoms with Crippen molar-refractivity contribution in [1.82, 2.24) is 0 Å². The van der Waals surface area contributed by atoms with Crippen molar-refractivity contribution in [2.24, 2.45) is 11.7 Å². The molecular weight excluding hydrogens is 234 g/mol. The van der Waals surface area contributed by atoms with Crippen molar-refractivity contribution < 1.29 is 9.72 Å². The van der Waals surface area contributed by atoms with Gasteiger partial charge in [-0.2, -0.15) is 0 Å². The molecule has 3 N–H and O–H groups in total. The van der Waals surface area contributed by atoms with Gasteiger partial charge in [0.15, 0.2) is 0 Å². The van der Waals surface area contributed by atoms with E-state index in [9.17, 15) is 14.9 Å². The molecule has 0 bridgehead atoms. The standard InChI is InChI=1S/C12H17N3O3/c1-3-8(2)11(13)12(16)14-9-6-4-5-7-10(9)15(17)18/h4-8,11H,3,13H2,1-2H3,(H,14,16)/t8-,11-/m0/s1. The number of para-hydroxylation sites is 2. The van der Waals surface area contributed by atoms with Gasteiger partial charge in [-0.15, -0.1) is 0 Å². The lowest BCUT2D eigenvalue weighted by molar-refractivity contribution is -0.383. The Labute approximate surface area is 105 Å². The minimum absolute atomic E-state index is 0.0211. The number of rotatable bonds is 5. The molecule has 1 aromatic rings. The van der Waals surface area contributed by atoms with E-state index >= 15 is 0 Å². The third kappa shape index (κ3) is 3.27. The number of hydrogen-bond acceptors (Lipinski definition) is 4. The summed E-state index contributed by atoms with van der Waals surface area (Å²) in [6.45, 7) is 3.80. The molecule has 0 heterocycles. The molecule has 0 aliphatic heterocycles. The summed E-state index contributed by atoms with van der Waals surface area (Å²) in [6, 6.07) is 5.32. The van der Waals surface area contributed by atoms with E-state index in [0.29, 0.717) is 0 Å². The SMILES string of the molecule is CC[C@H](C)[C@H](N)C(=O)Nc1ccccc1[N+](=O)[O-]. The molecule has 1 rings (SSSR count). The van der Waals surface area contributed by atoms with E-state index in [2.05, 4.69) is 5.32 Å². The number of carbonyl (C=O) groups excluding carboxylic acids is 1. The number of anilines is 1. The lowest BCUT2D eigenvalue weighted by atomic mass is 9.99. The van der Waals surface area contributed by atoms with Crippen molar-refractivity contribution in [3.63, 3.8) is 0 Å². The Bertz CT molecular complexity index is 448. The number of nitro benzene ring substituents is 1. The van der Waals surface area contributed by atoms with Crippen LogP contribution in [0.3, 0.4) is 0 Å². The van der Waals surface area contributed by atoms with Gasteiger partial charge in [0.1, 0.15) is 5.69 Å². The number of hydrogen-bond donors (Lipinski definition) is 2. The van der Waals surface area contributed by atoms with Crippen molar-refractivity contribution >= 4 is 17.3 Å². The summed E-state index contributed by atoms with van der Waals surface area (Å²) >= 11 is 0. The molecule has 6 heteroatoms. The first kappa shape index (κ1) is 14.1. The highest BCUT2D eigenvalue weighted by Gasteiger charge is 2.22. The maximum absolute atomic E-state index is 11.8. The molecule has 18 heavy (non-hydrogen) atoms. The first-order valence-electron chi connectivity index (χ1n) is 5.77. The van der Waals surface area contributed by atoms with Crippen LogP contribution in [0.25, 0.3) is 0 Å². The van der Waals surface area contributed by atoms with Gasteiger partial charge in [0.25, 0.3) is 5.69 Å². The maximum atomic E-state index is 11.8. The number of amides is 1. The van der Waals surface area contributed by atoms with Gasteiger partial charge >= 0.3 is 0 Å². The summed E-state index contributed by atoms with van der Waals surface area (Å²) in [7, 11) is 0. The monoisotopic (exact) mass is 251 g/mol. The zero-order valence-electron chi connectivity index (χ0n) is 10.4. The lowest BCUT2D eigenvalue weighted by Crippen LogP contribution is -2.40. The van der Waals surface area contributed by atoms with Crippen LogP contribution >= 0.6 is 0 Å². The van der Waals surface area contributed by atoms with Gasteiger partial charge in [0.2, 0.25) is 5.91 Å². The molecule has 0 spiro atoms. The highest BCUT2D eigenvalue weighted by Crippen LogP contribution is 2.23. The molecule has 0 saturated carbocycles. The summed E-state index contributed by atoms with van der Waals surface area (Å²) in [5.41, 5.74) is 5.80. The molecule has 1 amide bonds. The van der Waals surface area contributed by atoms with Gasteiger partial charge in [-0.25, -0.2) is 0 Å². The Kier molecular flexibility index (Phi) is 4.79. The van der Waals surface area contributed by atoms with E-state index in [-0.39, 0.29) is 17.3 Å². The summed E-state index contributed by atoms with van der Waals surface area (Å²) in [6.07, 6.45) is 0.769. The van der Waals surface area contributed by atoms with E-state index in [1.165, 1.54) is 12.1 Å². The molecule has 98 valence electrons. The van der Waals surface area contributed by atoms with Gasteiger partial charge in [0.05, 0.1) is 11.0 Å². The summed E-state index contributed by atoms with van der Waals surface area (Å²) in [5, 5.41) is 13.3. The second-order valence-electron chi connectivity index (χ2n) is 4.17. The third-order valence-electron chi connectivity index (χ3n) is 2.92. The lowest BCUT2D eigenvalue weighted by Gasteiger charge is -2.17. The number of nitro groups is 1. The smallest absolute Gasteiger partial charge is 0.292 e. The maximum Gasteiger partial charge on any atom is 0.292 e. The van der Waals surface area contributed by atoms with E-state index < -0.39 is 16.9 Å². The molecule has 1 aromatic carbocycles. The topological polar surface area (TPSA) is 98.3 Å². The minimum atomic E-state index is -0.671. The van der Waals surface area contributed by atoms with Crippen LogP contribution in [0.4, 0.5) is 11.4 Å². The van der Waals surface area contributed by atoms with Crippen LogP contribution in [0.2, 0.25) is 0 Å². The Hall–Kier alpha value is -1.95. The Morgan fingerprint density at radius 3 is 2.67 bits per heavy atom. The van der Waals surface area contributed by atoms with Crippen LogP contribution in [0.5, 0.6) is 0 Å². The largest absolute Gasteiger partial charge is 0.320 e. The van der Waals surface area contributed by atoms with Crippen LogP contribution < -0.4 is 11.1 Å². The second-order valence-corrected chi connectivity index (χ2v) is 4.17. The molecule has 0 fully saturated rings. The van der Waals surface area contributed by atoms with Gasteiger partial charge in [-0.05, 0) is 12.0 Å². The first-order valence-corrected chi connectivity index (χ1v) is 5.77. The highest BCUT2D eigenvalue weighted by molar-refractivity contribution is 5.96. The summed E-state index contributed by atoms with van der Waals surface area (Å²) < 4.78 is 0. The van der Waals surface area contributed by atoms with Crippen molar-refractivity contribution in [3.8, 4) is 0 Å². The third-order valence-corrected chi connectivity index (χ3v) is 2.92. The number of nitrogens with zero attached hydrogens (tertiary/aromatic N) is 1. The van der Waals surface area contributed by atoms with Crippen molar-refractivity contribution in [3.05, 3.63) is 34.4 Å². The van der Waals surface area contributed by atoms with Crippen LogP contribution in [0.1, 0.15) is 20.3 Å². The molecule has 0 radical (unpaired) electrons. The zero-order valence-corrected chi connectivity index (χ0v) is 10.4. The predicted octanol–water partition coefficient (Wildman–Crippen LogP) is 1.91. The Balaban J connectivity index is 2.85. The fourth-order valence-electron chi connectivity index (χ4n) is 1.47. The highest BCUT2D eigenvalue weighted by atomic mass is 16.6. The molecule has 6 nitrogen and oxygen atoms in total. The Morgan fingerprint density at radius 1 is 1.50 bits per heavy atom. The Morgan fingerprint density at radius 2 is 2.11 bits per heavy atom. The van der Waals surface area contributed by atoms with E-state index in [1.54, 1.807) is 12.1 Å². The summed E-state index contributed by atoms with van der Waals surface area (Å²) in [5.74, 6) is -0.383. The van der Waals surface area contributed by atoms with Crippen LogP contribution in [0, 0.1) is 16.0 Å². The first-order chi connectivity index (χ1) is 8.47. The molecular formula is C12H17N3O3. The van der Waals surface area contributed by atoms with Crippen molar-refractivity contribution in [2.45, 2.75) is 26.3 Å². The predicted molar refractivity (Wildman–Crippen MR) is 69.2 cm³/mol. The van der Waals surface area contributed by atoms with Crippen molar-refractivity contribution in [2.75, 3.05) is 5.32 Å². The van der Waals surface area contributed by atoms with Crippen LogP contribution in [0.15, 0.2) is 24.3 Å². The van der Waals surface area contributed by atoms with E-state index in [4.69, 9.17) is 5.73 Å². The molecule has 0 aromatic heterocycles. The summed E-state index contributed by atoms with van der Waals surface area (Å²) in [4.78, 5) is 22.1. The zero-order chi connectivity index (χ0) is 13.7. The number of benzene rings is 1. The molecule has 0 unspecified atom stereocenters. The van der Waals surface area contributed by atoms with Crippen LogP contribution in [-0.2, 0) is 4.79 Å². The van der Waals surface area contributed by atoms with E-state index in [0.717, 1.165) is 6.42 Å². The quantitative estimate of drug-likeness (QED) is 0.616. The minimum Gasteiger partial charge on any atom is -0.320 e. The molecule has 0 aliphatic rings. The van der Waals surface area contributed by atoms with Crippen LogP contribution in [-0.4, -0.2) is 16.9 Å². The molecule has 0 aliphatic carbocycles. The van der Waals surface area contributed by atoms with Gasteiger partial charge in [-0.1, -0.05) is 32.4 Å². The van der Waals surface area contributed by atoms with E-state index in [1.807, 2.05) is 13.8 Å². The van der Waals surface area contributed by atoms with Gasteiger partial charge < -0.3 is 11.1 Å². The van der Waals surface area contributed by atoms with Gasteiger partial charge in [-0.3, -0.25) is 14.9 Å². The fourth-order valence-corrected chi connectivity index (χ4v) is 1.47.